The Morgan fingerprint density at radius 2 is 1.83 bits per heavy atom. The van der Waals surface area contributed by atoms with Crippen molar-refractivity contribution in [1.82, 2.24) is 0 Å². The summed E-state index contributed by atoms with van der Waals surface area (Å²) in [6.07, 6.45) is -0.570. The van der Waals surface area contributed by atoms with Gasteiger partial charge in [0.05, 0.1) is 5.69 Å². The summed E-state index contributed by atoms with van der Waals surface area (Å²) in [5.41, 5.74) is 2.63. The van der Waals surface area contributed by atoms with Gasteiger partial charge in [-0.05, 0) is 18.6 Å². The highest BCUT2D eigenvalue weighted by Crippen LogP contribution is 2.37. The maximum absolute atomic E-state index is 12.0. The van der Waals surface area contributed by atoms with Crippen LogP contribution >= 0.6 is 0 Å². The minimum absolute atomic E-state index is 0.126. The van der Waals surface area contributed by atoms with E-state index < -0.39 is 6.10 Å². The van der Waals surface area contributed by atoms with Crippen LogP contribution in [0.15, 0.2) is 48.5 Å². The minimum Gasteiger partial charge on any atom is -0.473 e. The summed E-state index contributed by atoms with van der Waals surface area (Å²) in [7, 11) is 0. The summed E-state index contributed by atoms with van der Waals surface area (Å²) < 4.78 is 5.85. The predicted molar refractivity (Wildman–Crippen MR) is 69.6 cm³/mol. The summed E-state index contributed by atoms with van der Waals surface area (Å²) in [4.78, 5) is 12.0. The van der Waals surface area contributed by atoms with Crippen LogP contribution < -0.4 is 10.1 Å². The van der Waals surface area contributed by atoms with E-state index in [0.29, 0.717) is 0 Å². The molecule has 1 amide bonds. The van der Waals surface area contributed by atoms with E-state index in [1.165, 1.54) is 0 Å². The molecule has 0 bridgehead atoms. The number of hydrogen-bond acceptors (Lipinski definition) is 2. The molecule has 0 aromatic heterocycles. The highest BCUT2D eigenvalue weighted by atomic mass is 16.5. The topological polar surface area (TPSA) is 38.3 Å². The smallest absolute Gasteiger partial charge is 0.270 e. The van der Waals surface area contributed by atoms with Crippen molar-refractivity contribution >= 4 is 11.6 Å². The molecule has 2 aromatic rings. The molecule has 3 rings (SSSR count). The second kappa shape index (κ2) is 4.18. The summed E-state index contributed by atoms with van der Waals surface area (Å²) in [5.74, 6) is 0.630. The second-order valence-corrected chi connectivity index (χ2v) is 4.35. The van der Waals surface area contributed by atoms with Crippen molar-refractivity contribution in [1.29, 1.82) is 0 Å². The van der Waals surface area contributed by atoms with Crippen LogP contribution in [0.4, 0.5) is 5.69 Å². The Kier molecular flexibility index (Phi) is 2.52. The average Bonchev–Trinajstić information content (AvgIpc) is 2.39. The second-order valence-electron chi connectivity index (χ2n) is 4.35. The summed E-state index contributed by atoms with van der Waals surface area (Å²) in [6, 6.07) is 15.2. The molecular formula is C15H13NO2. The molecule has 0 fully saturated rings. The molecule has 18 heavy (non-hydrogen) atoms. The van der Waals surface area contributed by atoms with Gasteiger partial charge in [-0.3, -0.25) is 4.79 Å². The normalized spacial score (nSPS) is 17.6. The first-order valence-corrected chi connectivity index (χ1v) is 5.88. The molecule has 0 spiro atoms. The van der Waals surface area contributed by atoms with Gasteiger partial charge < -0.3 is 10.1 Å². The molecule has 1 atom stereocenters. The van der Waals surface area contributed by atoms with E-state index in [2.05, 4.69) is 5.32 Å². The van der Waals surface area contributed by atoms with E-state index in [1.807, 2.05) is 55.5 Å². The predicted octanol–water partition coefficient (Wildman–Crippen LogP) is 3.07. The Balaban J connectivity index is 2.02. The Labute approximate surface area is 105 Å². The third kappa shape index (κ3) is 1.74. The number of amides is 1. The fourth-order valence-electron chi connectivity index (χ4n) is 2.12. The van der Waals surface area contributed by atoms with E-state index >= 15 is 0 Å². The zero-order valence-electron chi connectivity index (χ0n) is 10.0. The van der Waals surface area contributed by atoms with Crippen LogP contribution in [-0.2, 0) is 4.79 Å². The Morgan fingerprint density at radius 3 is 2.61 bits per heavy atom. The number of rotatable bonds is 1. The standard InChI is InChI=1S/C15H13NO2/c1-10-6-5-9-12-13(10)18-14(15(17)16-12)11-7-3-2-4-8-11/h2-9,14H,1H3,(H,16,17). The Bertz CT molecular complexity index is 593. The van der Waals surface area contributed by atoms with Gasteiger partial charge in [0.2, 0.25) is 6.10 Å². The highest BCUT2D eigenvalue weighted by molar-refractivity contribution is 5.98. The maximum Gasteiger partial charge on any atom is 0.270 e. The van der Waals surface area contributed by atoms with E-state index in [9.17, 15) is 4.79 Å². The molecule has 3 heteroatoms. The van der Waals surface area contributed by atoms with E-state index in [4.69, 9.17) is 4.74 Å². The lowest BCUT2D eigenvalue weighted by Gasteiger charge is -2.27. The molecule has 0 saturated heterocycles. The zero-order chi connectivity index (χ0) is 12.5. The summed E-state index contributed by atoms with van der Waals surface area (Å²) in [6.45, 7) is 1.97. The van der Waals surface area contributed by atoms with Gasteiger partial charge in [-0.1, -0.05) is 42.5 Å². The SMILES string of the molecule is Cc1cccc2c1OC(c1ccccc1)C(=O)N2. The van der Waals surface area contributed by atoms with Gasteiger partial charge in [0, 0.05) is 5.56 Å². The number of anilines is 1. The van der Waals surface area contributed by atoms with E-state index in [0.717, 1.165) is 22.6 Å². The Hall–Kier alpha value is -2.29. The molecule has 0 saturated carbocycles. The van der Waals surface area contributed by atoms with Crippen LogP contribution in [-0.4, -0.2) is 5.91 Å². The first-order chi connectivity index (χ1) is 8.75. The molecular weight excluding hydrogens is 226 g/mol. The van der Waals surface area contributed by atoms with Crippen LogP contribution in [0.3, 0.4) is 0 Å². The monoisotopic (exact) mass is 239 g/mol. The molecule has 3 nitrogen and oxygen atoms in total. The fourth-order valence-corrected chi connectivity index (χ4v) is 2.12. The summed E-state index contributed by atoms with van der Waals surface area (Å²) >= 11 is 0. The quantitative estimate of drug-likeness (QED) is 0.830. The van der Waals surface area contributed by atoms with E-state index in [1.54, 1.807) is 0 Å². The van der Waals surface area contributed by atoms with Gasteiger partial charge in [0.1, 0.15) is 5.75 Å². The Morgan fingerprint density at radius 1 is 1.06 bits per heavy atom. The fraction of sp³-hybridized carbons (Fsp3) is 0.133. The number of ether oxygens (including phenoxy) is 1. The van der Waals surface area contributed by atoms with Gasteiger partial charge in [0.25, 0.3) is 5.91 Å². The van der Waals surface area contributed by atoms with Crippen molar-refractivity contribution in [2.24, 2.45) is 0 Å². The van der Waals surface area contributed by atoms with Gasteiger partial charge in [-0.2, -0.15) is 0 Å². The van der Waals surface area contributed by atoms with Gasteiger partial charge >= 0.3 is 0 Å². The molecule has 1 aliphatic heterocycles. The minimum atomic E-state index is -0.570. The number of para-hydroxylation sites is 1. The average molecular weight is 239 g/mol. The largest absolute Gasteiger partial charge is 0.473 e. The van der Waals surface area contributed by atoms with Crippen molar-refractivity contribution < 1.29 is 9.53 Å². The third-order valence-corrected chi connectivity index (χ3v) is 3.05. The van der Waals surface area contributed by atoms with Crippen molar-refractivity contribution in [3.8, 4) is 5.75 Å². The number of fused-ring (bicyclic) bond motifs is 1. The van der Waals surface area contributed by atoms with Crippen LogP contribution in [0.5, 0.6) is 5.75 Å². The third-order valence-electron chi connectivity index (χ3n) is 3.05. The summed E-state index contributed by atoms with van der Waals surface area (Å²) in [5, 5.41) is 2.89. The maximum atomic E-state index is 12.0. The number of nitrogens with one attached hydrogen (secondary N) is 1. The molecule has 0 aliphatic carbocycles. The van der Waals surface area contributed by atoms with Crippen molar-refractivity contribution in [3.63, 3.8) is 0 Å². The van der Waals surface area contributed by atoms with Crippen LogP contribution in [0, 0.1) is 6.92 Å². The highest BCUT2D eigenvalue weighted by Gasteiger charge is 2.29. The first-order valence-electron chi connectivity index (χ1n) is 5.88. The molecule has 1 aliphatic rings. The van der Waals surface area contributed by atoms with Crippen molar-refractivity contribution in [2.45, 2.75) is 13.0 Å². The van der Waals surface area contributed by atoms with Crippen LogP contribution in [0.2, 0.25) is 0 Å². The van der Waals surface area contributed by atoms with Crippen LogP contribution in [0.25, 0.3) is 0 Å². The van der Waals surface area contributed by atoms with Gasteiger partial charge in [-0.25, -0.2) is 0 Å². The van der Waals surface area contributed by atoms with E-state index in [-0.39, 0.29) is 5.91 Å². The number of carbonyl (C=O) groups is 1. The first kappa shape index (κ1) is 10.8. The van der Waals surface area contributed by atoms with Crippen molar-refractivity contribution in [2.75, 3.05) is 5.32 Å². The van der Waals surface area contributed by atoms with Crippen molar-refractivity contribution in [3.05, 3.63) is 59.7 Å². The van der Waals surface area contributed by atoms with Gasteiger partial charge in [0.15, 0.2) is 0 Å². The number of carbonyl (C=O) groups excluding carboxylic acids is 1. The number of aryl methyl sites for hydroxylation is 1. The molecule has 2 aromatic carbocycles. The zero-order valence-corrected chi connectivity index (χ0v) is 10.0. The lowest BCUT2D eigenvalue weighted by atomic mass is 10.1. The number of benzene rings is 2. The molecule has 1 unspecified atom stereocenters. The van der Waals surface area contributed by atoms with Gasteiger partial charge in [-0.15, -0.1) is 0 Å². The molecule has 90 valence electrons. The lowest BCUT2D eigenvalue weighted by Crippen LogP contribution is -2.30. The van der Waals surface area contributed by atoms with Crippen LogP contribution in [0.1, 0.15) is 17.2 Å². The molecule has 0 radical (unpaired) electrons. The lowest BCUT2D eigenvalue weighted by molar-refractivity contribution is -0.123. The molecule has 1 N–H and O–H groups in total. The molecule has 1 heterocycles. The number of hydrogen-bond donors (Lipinski definition) is 1.